The summed E-state index contributed by atoms with van der Waals surface area (Å²) < 4.78 is 7.31. The average molecular weight is 285 g/mol. The Kier molecular flexibility index (Phi) is 4.55. The van der Waals surface area contributed by atoms with Gasteiger partial charge in [0.1, 0.15) is 0 Å². The third-order valence-electron chi connectivity index (χ3n) is 4.07. The topological polar surface area (TPSA) is 39.1 Å². The lowest BCUT2D eigenvalue weighted by molar-refractivity contribution is 0.185. The number of hydrogen-bond donors (Lipinski definition) is 1. The molecule has 1 aromatic carbocycles. The lowest BCUT2D eigenvalue weighted by Gasteiger charge is -2.09. The summed E-state index contributed by atoms with van der Waals surface area (Å²) in [6.07, 6.45) is 7.34. The number of nitrogens with one attached hydrogen (secondary N) is 1. The quantitative estimate of drug-likeness (QED) is 0.878. The first-order valence-electron chi connectivity index (χ1n) is 7.71. The van der Waals surface area contributed by atoms with E-state index in [9.17, 15) is 0 Å². The van der Waals surface area contributed by atoms with Crippen molar-refractivity contribution < 1.29 is 4.74 Å². The van der Waals surface area contributed by atoms with Crippen LogP contribution >= 0.6 is 0 Å². The van der Waals surface area contributed by atoms with Gasteiger partial charge in [0.15, 0.2) is 0 Å². The van der Waals surface area contributed by atoms with Crippen LogP contribution < -0.4 is 5.32 Å². The molecule has 0 atom stereocenters. The summed E-state index contributed by atoms with van der Waals surface area (Å²) in [5.41, 5.74) is 3.39. The summed E-state index contributed by atoms with van der Waals surface area (Å²) in [6, 6.07) is 11.1. The van der Waals surface area contributed by atoms with Gasteiger partial charge in [-0.3, -0.25) is 4.68 Å². The van der Waals surface area contributed by atoms with Crippen LogP contribution in [0.1, 0.15) is 43.0 Å². The van der Waals surface area contributed by atoms with Crippen molar-refractivity contribution in [2.45, 2.75) is 44.9 Å². The van der Waals surface area contributed by atoms with Crippen LogP contribution in [0.25, 0.3) is 0 Å². The fraction of sp³-hybridized carbons (Fsp3) is 0.471. The number of anilines is 1. The lowest BCUT2D eigenvalue weighted by Crippen LogP contribution is -2.07. The minimum atomic E-state index is 0.615. The molecule has 21 heavy (non-hydrogen) atoms. The molecule has 1 N–H and O–H groups in total. The molecule has 0 saturated heterocycles. The Hall–Kier alpha value is -1.81. The molecule has 0 unspecified atom stereocenters. The van der Waals surface area contributed by atoms with Crippen LogP contribution in [-0.4, -0.2) is 16.9 Å². The van der Waals surface area contributed by atoms with Crippen molar-refractivity contribution in [2.24, 2.45) is 0 Å². The predicted molar refractivity (Wildman–Crippen MR) is 84.2 cm³/mol. The molecule has 4 nitrogen and oxygen atoms in total. The Labute approximate surface area is 126 Å². The Morgan fingerprint density at radius 2 is 2.14 bits per heavy atom. The van der Waals surface area contributed by atoms with E-state index in [0.29, 0.717) is 12.6 Å². The van der Waals surface area contributed by atoms with Crippen molar-refractivity contribution in [2.75, 3.05) is 12.4 Å². The van der Waals surface area contributed by atoms with Crippen LogP contribution in [0.4, 0.5) is 5.69 Å². The summed E-state index contributed by atoms with van der Waals surface area (Å²) in [4.78, 5) is 0. The number of benzene rings is 1. The van der Waals surface area contributed by atoms with Crippen molar-refractivity contribution in [3.8, 4) is 0 Å². The Balaban J connectivity index is 1.58. The minimum absolute atomic E-state index is 0.615. The van der Waals surface area contributed by atoms with Crippen LogP contribution in [0.3, 0.4) is 0 Å². The van der Waals surface area contributed by atoms with E-state index in [1.807, 2.05) is 6.07 Å². The van der Waals surface area contributed by atoms with E-state index in [1.54, 1.807) is 7.11 Å². The van der Waals surface area contributed by atoms with Gasteiger partial charge in [0.05, 0.1) is 24.9 Å². The molecule has 0 spiro atoms. The van der Waals surface area contributed by atoms with Gasteiger partial charge in [0.25, 0.3) is 0 Å². The van der Waals surface area contributed by atoms with E-state index >= 15 is 0 Å². The molecule has 2 aromatic rings. The highest BCUT2D eigenvalue weighted by Gasteiger charge is 2.17. The number of nitrogens with zero attached hydrogens (tertiary/aromatic N) is 2. The van der Waals surface area contributed by atoms with E-state index in [2.05, 4.69) is 40.5 Å². The summed E-state index contributed by atoms with van der Waals surface area (Å²) in [7, 11) is 1.72. The van der Waals surface area contributed by atoms with Gasteiger partial charge < -0.3 is 10.1 Å². The van der Waals surface area contributed by atoms with Crippen LogP contribution in [-0.2, 0) is 17.9 Å². The molecular formula is C17H23N3O. The van der Waals surface area contributed by atoms with Crippen molar-refractivity contribution in [1.29, 1.82) is 0 Å². The van der Waals surface area contributed by atoms with Gasteiger partial charge in [-0.15, -0.1) is 0 Å². The molecule has 0 radical (unpaired) electrons. The smallest absolute Gasteiger partial charge is 0.0815 e. The molecule has 1 aliphatic carbocycles. The zero-order valence-corrected chi connectivity index (χ0v) is 12.6. The first kappa shape index (κ1) is 14.1. The van der Waals surface area contributed by atoms with E-state index in [1.165, 1.54) is 31.2 Å². The van der Waals surface area contributed by atoms with Gasteiger partial charge in [0.2, 0.25) is 0 Å². The second kappa shape index (κ2) is 6.76. The number of methoxy groups -OCH3 is 1. The van der Waals surface area contributed by atoms with Gasteiger partial charge >= 0.3 is 0 Å². The zero-order chi connectivity index (χ0) is 14.5. The van der Waals surface area contributed by atoms with Crippen molar-refractivity contribution in [1.82, 2.24) is 9.78 Å². The van der Waals surface area contributed by atoms with Gasteiger partial charge in [-0.2, -0.15) is 5.10 Å². The molecule has 4 heteroatoms. The number of ether oxygens (including phenoxy) is 1. The average Bonchev–Trinajstić information content (AvgIpc) is 3.17. The van der Waals surface area contributed by atoms with E-state index in [4.69, 9.17) is 9.84 Å². The number of aromatic nitrogens is 2. The Morgan fingerprint density at radius 3 is 2.95 bits per heavy atom. The Bertz CT molecular complexity index is 573. The van der Waals surface area contributed by atoms with Crippen LogP contribution in [0, 0.1) is 0 Å². The summed E-state index contributed by atoms with van der Waals surface area (Å²) in [5.74, 6) is 0. The van der Waals surface area contributed by atoms with Gasteiger partial charge in [-0.05, 0) is 36.6 Å². The maximum Gasteiger partial charge on any atom is 0.0815 e. The molecule has 0 bridgehead atoms. The molecule has 0 aliphatic heterocycles. The van der Waals surface area contributed by atoms with E-state index in [-0.39, 0.29) is 0 Å². The molecule has 1 saturated carbocycles. The Morgan fingerprint density at radius 1 is 1.29 bits per heavy atom. The molecular weight excluding hydrogens is 262 g/mol. The SMILES string of the molecule is COCc1cccc(NCc2ccn(C3CCCC3)n2)c1. The van der Waals surface area contributed by atoms with Crippen molar-refractivity contribution in [3.63, 3.8) is 0 Å². The van der Waals surface area contributed by atoms with Crippen molar-refractivity contribution in [3.05, 3.63) is 47.8 Å². The molecule has 1 fully saturated rings. The normalized spacial score (nSPS) is 15.5. The molecule has 1 heterocycles. The number of hydrogen-bond acceptors (Lipinski definition) is 3. The third-order valence-corrected chi connectivity index (χ3v) is 4.07. The first-order chi connectivity index (χ1) is 10.3. The second-order valence-electron chi connectivity index (χ2n) is 5.71. The standard InChI is InChI=1S/C17H23N3O/c1-21-13-14-5-4-6-15(11-14)18-12-16-9-10-20(19-16)17-7-2-3-8-17/h4-6,9-11,17-18H,2-3,7-8,12-13H2,1H3. The highest BCUT2D eigenvalue weighted by atomic mass is 16.5. The minimum Gasteiger partial charge on any atom is -0.380 e. The van der Waals surface area contributed by atoms with Gasteiger partial charge in [0, 0.05) is 19.0 Å². The van der Waals surface area contributed by atoms with Crippen LogP contribution in [0.2, 0.25) is 0 Å². The van der Waals surface area contributed by atoms with Crippen molar-refractivity contribution >= 4 is 5.69 Å². The maximum absolute atomic E-state index is 5.16. The molecule has 1 aliphatic rings. The van der Waals surface area contributed by atoms with Crippen LogP contribution in [0.5, 0.6) is 0 Å². The fourth-order valence-corrected chi connectivity index (χ4v) is 2.97. The summed E-state index contributed by atoms with van der Waals surface area (Å²) in [6.45, 7) is 1.40. The predicted octanol–water partition coefficient (Wildman–Crippen LogP) is 3.76. The molecule has 1 aromatic heterocycles. The molecule has 112 valence electrons. The highest BCUT2D eigenvalue weighted by Crippen LogP contribution is 2.28. The second-order valence-corrected chi connectivity index (χ2v) is 5.71. The van der Waals surface area contributed by atoms with Gasteiger partial charge in [-0.1, -0.05) is 25.0 Å². The van der Waals surface area contributed by atoms with Crippen LogP contribution in [0.15, 0.2) is 36.5 Å². The first-order valence-corrected chi connectivity index (χ1v) is 7.71. The van der Waals surface area contributed by atoms with E-state index in [0.717, 1.165) is 17.9 Å². The maximum atomic E-state index is 5.16. The molecule has 0 amide bonds. The third kappa shape index (κ3) is 3.64. The largest absolute Gasteiger partial charge is 0.380 e. The van der Waals surface area contributed by atoms with E-state index < -0.39 is 0 Å². The summed E-state index contributed by atoms with van der Waals surface area (Å²) >= 11 is 0. The van der Waals surface area contributed by atoms with Gasteiger partial charge in [-0.25, -0.2) is 0 Å². The summed E-state index contributed by atoms with van der Waals surface area (Å²) in [5, 5.41) is 8.13. The molecule has 3 rings (SSSR count). The monoisotopic (exact) mass is 285 g/mol. The lowest BCUT2D eigenvalue weighted by atomic mass is 10.2. The fourth-order valence-electron chi connectivity index (χ4n) is 2.97. The highest BCUT2D eigenvalue weighted by molar-refractivity contribution is 5.45. The number of rotatable bonds is 6. The zero-order valence-electron chi connectivity index (χ0n) is 12.6.